The molecule has 156 valence electrons. The van der Waals surface area contributed by atoms with Gasteiger partial charge in [0.15, 0.2) is 5.69 Å². The molecule has 31 heavy (non-hydrogen) atoms. The van der Waals surface area contributed by atoms with Gasteiger partial charge in [-0.15, -0.1) is 5.10 Å². The van der Waals surface area contributed by atoms with Crippen molar-refractivity contribution in [3.05, 3.63) is 82.9 Å². The van der Waals surface area contributed by atoms with Crippen molar-refractivity contribution in [1.82, 2.24) is 20.3 Å². The highest BCUT2D eigenvalue weighted by Gasteiger charge is 2.18. The number of anilines is 1. The molecule has 0 aliphatic carbocycles. The lowest BCUT2D eigenvalue weighted by Crippen LogP contribution is -2.33. The highest BCUT2D eigenvalue weighted by Crippen LogP contribution is 2.23. The Balaban J connectivity index is 1.43. The minimum absolute atomic E-state index is 0.0541. The number of aromatic nitrogens is 3. The largest absolute Gasteiger partial charge is 0.342 e. The molecule has 0 aliphatic heterocycles. The molecule has 0 spiro atoms. The third-order valence-electron chi connectivity index (χ3n) is 4.73. The molecule has 0 radical (unpaired) electrons. The standard InChI is InChI=1S/C22H17ClFN5O2/c1-13-21(27-28-29(13)15-9-10-18(24)17(23)11-15)22(31)25-12-20(30)26-19-8-4-6-14-5-2-3-7-16(14)19/h2-11H,12H2,1H3,(H,25,31)(H,26,30). The SMILES string of the molecule is Cc1c(C(=O)NCC(=O)Nc2cccc3ccccc23)nnn1-c1ccc(F)c(Cl)c1. The van der Waals surface area contributed by atoms with E-state index in [2.05, 4.69) is 20.9 Å². The van der Waals surface area contributed by atoms with Crippen molar-refractivity contribution in [2.45, 2.75) is 6.92 Å². The van der Waals surface area contributed by atoms with Gasteiger partial charge in [0.2, 0.25) is 5.91 Å². The number of carbonyl (C=O) groups excluding carboxylic acids is 2. The van der Waals surface area contributed by atoms with Gasteiger partial charge in [-0.05, 0) is 36.6 Å². The van der Waals surface area contributed by atoms with E-state index in [0.717, 1.165) is 10.8 Å². The average molecular weight is 438 g/mol. The molecule has 0 unspecified atom stereocenters. The number of amides is 2. The van der Waals surface area contributed by atoms with Crippen LogP contribution in [-0.2, 0) is 4.79 Å². The Morgan fingerprint density at radius 1 is 1.10 bits per heavy atom. The van der Waals surface area contributed by atoms with Crippen molar-refractivity contribution in [2.75, 3.05) is 11.9 Å². The Morgan fingerprint density at radius 3 is 2.68 bits per heavy atom. The highest BCUT2D eigenvalue weighted by atomic mass is 35.5. The monoisotopic (exact) mass is 437 g/mol. The maximum absolute atomic E-state index is 13.4. The summed E-state index contributed by atoms with van der Waals surface area (Å²) in [5, 5.41) is 15.0. The molecule has 0 saturated heterocycles. The number of rotatable bonds is 5. The number of nitrogens with zero attached hydrogens (tertiary/aromatic N) is 3. The van der Waals surface area contributed by atoms with Gasteiger partial charge >= 0.3 is 0 Å². The molecule has 0 bridgehead atoms. The molecular weight excluding hydrogens is 421 g/mol. The molecule has 0 fully saturated rings. The van der Waals surface area contributed by atoms with Crippen LogP contribution in [0.15, 0.2) is 60.7 Å². The van der Waals surface area contributed by atoms with Crippen LogP contribution in [-0.4, -0.2) is 33.4 Å². The predicted octanol–water partition coefficient (Wildman–Crippen LogP) is 3.89. The van der Waals surface area contributed by atoms with E-state index in [1.807, 2.05) is 36.4 Å². The number of halogens is 2. The van der Waals surface area contributed by atoms with Gasteiger partial charge in [-0.25, -0.2) is 9.07 Å². The fraction of sp³-hybridized carbons (Fsp3) is 0.0909. The van der Waals surface area contributed by atoms with Crippen LogP contribution in [0.4, 0.5) is 10.1 Å². The van der Waals surface area contributed by atoms with Crippen LogP contribution in [0, 0.1) is 12.7 Å². The zero-order valence-corrected chi connectivity index (χ0v) is 17.2. The van der Waals surface area contributed by atoms with Crippen LogP contribution in [0.1, 0.15) is 16.2 Å². The Kier molecular flexibility index (Phi) is 5.64. The maximum atomic E-state index is 13.4. The van der Waals surface area contributed by atoms with Gasteiger partial charge in [-0.3, -0.25) is 9.59 Å². The van der Waals surface area contributed by atoms with E-state index in [4.69, 9.17) is 11.6 Å². The lowest BCUT2D eigenvalue weighted by Gasteiger charge is -2.09. The smallest absolute Gasteiger partial charge is 0.274 e. The van der Waals surface area contributed by atoms with Crippen molar-refractivity contribution >= 4 is 39.9 Å². The van der Waals surface area contributed by atoms with Crippen molar-refractivity contribution < 1.29 is 14.0 Å². The average Bonchev–Trinajstić information content (AvgIpc) is 3.15. The van der Waals surface area contributed by atoms with E-state index in [0.29, 0.717) is 17.1 Å². The Hall–Kier alpha value is -3.78. The second-order valence-corrected chi connectivity index (χ2v) is 7.20. The molecule has 1 aromatic heterocycles. The minimum atomic E-state index is -0.557. The summed E-state index contributed by atoms with van der Waals surface area (Å²) in [6, 6.07) is 17.3. The lowest BCUT2D eigenvalue weighted by molar-refractivity contribution is -0.115. The van der Waals surface area contributed by atoms with Gasteiger partial charge in [0.25, 0.3) is 5.91 Å². The number of hydrogen-bond donors (Lipinski definition) is 2. The topological polar surface area (TPSA) is 88.9 Å². The van der Waals surface area contributed by atoms with E-state index in [1.54, 1.807) is 13.0 Å². The fourth-order valence-corrected chi connectivity index (χ4v) is 3.35. The van der Waals surface area contributed by atoms with Crippen LogP contribution in [0.25, 0.3) is 16.5 Å². The second-order valence-electron chi connectivity index (χ2n) is 6.79. The summed E-state index contributed by atoms with van der Waals surface area (Å²) in [4.78, 5) is 24.9. The molecule has 2 amide bonds. The van der Waals surface area contributed by atoms with Gasteiger partial charge in [-0.1, -0.05) is 53.2 Å². The number of benzene rings is 3. The van der Waals surface area contributed by atoms with Gasteiger partial charge in [-0.2, -0.15) is 0 Å². The Bertz CT molecular complexity index is 1300. The minimum Gasteiger partial charge on any atom is -0.342 e. The zero-order valence-electron chi connectivity index (χ0n) is 16.4. The highest BCUT2D eigenvalue weighted by molar-refractivity contribution is 6.30. The molecule has 0 saturated carbocycles. The fourth-order valence-electron chi connectivity index (χ4n) is 3.17. The first kappa shape index (κ1) is 20.5. The quantitative estimate of drug-likeness (QED) is 0.495. The summed E-state index contributed by atoms with van der Waals surface area (Å²) in [5.41, 5.74) is 1.60. The summed E-state index contributed by atoms with van der Waals surface area (Å²) < 4.78 is 14.8. The van der Waals surface area contributed by atoms with Gasteiger partial charge in [0.05, 0.1) is 22.9 Å². The van der Waals surface area contributed by atoms with Crippen LogP contribution >= 0.6 is 11.6 Å². The summed E-state index contributed by atoms with van der Waals surface area (Å²) in [7, 11) is 0. The van der Waals surface area contributed by atoms with Crippen molar-refractivity contribution in [1.29, 1.82) is 0 Å². The van der Waals surface area contributed by atoms with Crippen molar-refractivity contribution in [3.63, 3.8) is 0 Å². The third-order valence-corrected chi connectivity index (χ3v) is 5.02. The molecule has 7 nitrogen and oxygen atoms in total. The summed E-state index contributed by atoms with van der Waals surface area (Å²) in [5.74, 6) is -1.48. The summed E-state index contributed by atoms with van der Waals surface area (Å²) in [6.45, 7) is 1.40. The zero-order chi connectivity index (χ0) is 22.0. The van der Waals surface area contributed by atoms with Crippen LogP contribution in [0.2, 0.25) is 5.02 Å². The molecule has 4 aromatic rings. The normalized spacial score (nSPS) is 10.8. The van der Waals surface area contributed by atoms with Crippen LogP contribution in [0.3, 0.4) is 0 Å². The van der Waals surface area contributed by atoms with E-state index in [1.165, 1.54) is 22.9 Å². The predicted molar refractivity (Wildman–Crippen MR) is 116 cm³/mol. The van der Waals surface area contributed by atoms with Crippen LogP contribution < -0.4 is 10.6 Å². The molecule has 0 aliphatic rings. The molecule has 0 atom stereocenters. The number of fused-ring (bicyclic) bond motifs is 1. The first-order valence-corrected chi connectivity index (χ1v) is 9.75. The Morgan fingerprint density at radius 2 is 1.87 bits per heavy atom. The molecular formula is C22H17ClFN5O2. The number of hydrogen-bond acceptors (Lipinski definition) is 4. The van der Waals surface area contributed by atoms with Crippen molar-refractivity contribution in [2.24, 2.45) is 0 Å². The van der Waals surface area contributed by atoms with E-state index in [-0.39, 0.29) is 23.2 Å². The number of carbonyl (C=O) groups is 2. The molecule has 4 rings (SSSR count). The molecule has 9 heteroatoms. The number of nitrogens with one attached hydrogen (secondary N) is 2. The van der Waals surface area contributed by atoms with E-state index >= 15 is 0 Å². The van der Waals surface area contributed by atoms with Crippen molar-refractivity contribution in [3.8, 4) is 5.69 Å². The van der Waals surface area contributed by atoms with E-state index in [9.17, 15) is 14.0 Å². The first-order valence-electron chi connectivity index (χ1n) is 9.37. The second kappa shape index (κ2) is 8.53. The molecule has 1 heterocycles. The van der Waals surface area contributed by atoms with Crippen LogP contribution in [0.5, 0.6) is 0 Å². The Labute approximate surface area is 181 Å². The lowest BCUT2D eigenvalue weighted by atomic mass is 10.1. The van der Waals surface area contributed by atoms with Gasteiger partial charge in [0, 0.05) is 11.1 Å². The molecule has 3 aromatic carbocycles. The molecule has 2 N–H and O–H groups in total. The summed E-state index contributed by atoms with van der Waals surface area (Å²) in [6.07, 6.45) is 0. The van der Waals surface area contributed by atoms with Gasteiger partial charge < -0.3 is 10.6 Å². The summed E-state index contributed by atoms with van der Waals surface area (Å²) >= 11 is 5.81. The maximum Gasteiger partial charge on any atom is 0.274 e. The van der Waals surface area contributed by atoms with E-state index < -0.39 is 11.7 Å². The third kappa shape index (κ3) is 4.24. The van der Waals surface area contributed by atoms with Gasteiger partial charge in [0.1, 0.15) is 5.82 Å². The first-order chi connectivity index (χ1) is 14.9.